The standard InChI is InChI=1S/C14H20N2O4/c1-13(2,3)20-12(18)16-9-4-5-10(11(17)6-9)14(19)7-15-8-14/h4-6,15,17,19H,7-8H2,1-3H3,(H,16,18). The maximum Gasteiger partial charge on any atom is 0.412 e. The van der Waals surface area contributed by atoms with Crippen molar-refractivity contribution < 1.29 is 19.7 Å². The number of aromatic hydroxyl groups is 1. The molecule has 1 fully saturated rings. The summed E-state index contributed by atoms with van der Waals surface area (Å²) >= 11 is 0. The number of ether oxygens (including phenoxy) is 1. The van der Waals surface area contributed by atoms with Crippen molar-refractivity contribution in [1.29, 1.82) is 0 Å². The van der Waals surface area contributed by atoms with Gasteiger partial charge in [-0.25, -0.2) is 4.79 Å². The van der Waals surface area contributed by atoms with E-state index in [1.54, 1.807) is 32.9 Å². The van der Waals surface area contributed by atoms with Crippen LogP contribution in [-0.4, -0.2) is 35.0 Å². The quantitative estimate of drug-likeness (QED) is 0.659. The lowest BCUT2D eigenvalue weighted by Gasteiger charge is -2.38. The molecule has 110 valence electrons. The highest BCUT2D eigenvalue weighted by Gasteiger charge is 2.38. The Morgan fingerprint density at radius 1 is 1.40 bits per heavy atom. The highest BCUT2D eigenvalue weighted by atomic mass is 16.6. The highest BCUT2D eigenvalue weighted by Crippen LogP contribution is 2.34. The number of hydrogen-bond donors (Lipinski definition) is 4. The summed E-state index contributed by atoms with van der Waals surface area (Å²) in [4.78, 5) is 11.6. The van der Waals surface area contributed by atoms with Crippen molar-refractivity contribution in [3.8, 4) is 5.75 Å². The average molecular weight is 280 g/mol. The van der Waals surface area contributed by atoms with E-state index >= 15 is 0 Å². The molecule has 6 heteroatoms. The molecule has 0 bridgehead atoms. The largest absolute Gasteiger partial charge is 0.507 e. The lowest BCUT2D eigenvalue weighted by Crippen LogP contribution is -2.56. The fourth-order valence-electron chi connectivity index (χ4n) is 1.98. The molecule has 4 N–H and O–H groups in total. The summed E-state index contributed by atoms with van der Waals surface area (Å²) in [6, 6.07) is 4.62. The van der Waals surface area contributed by atoms with Crippen LogP contribution in [0.2, 0.25) is 0 Å². The zero-order valence-electron chi connectivity index (χ0n) is 11.9. The molecule has 20 heavy (non-hydrogen) atoms. The van der Waals surface area contributed by atoms with Crippen molar-refractivity contribution >= 4 is 11.8 Å². The van der Waals surface area contributed by atoms with E-state index in [0.717, 1.165) is 0 Å². The molecular formula is C14H20N2O4. The first-order valence-electron chi connectivity index (χ1n) is 6.46. The molecule has 0 spiro atoms. The van der Waals surface area contributed by atoms with Gasteiger partial charge in [0.25, 0.3) is 0 Å². The van der Waals surface area contributed by atoms with Crippen LogP contribution in [0.5, 0.6) is 5.75 Å². The number of carbonyl (C=O) groups is 1. The van der Waals surface area contributed by atoms with Gasteiger partial charge in [-0.2, -0.15) is 0 Å². The molecular weight excluding hydrogens is 260 g/mol. The van der Waals surface area contributed by atoms with Gasteiger partial charge in [0.2, 0.25) is 0 Å². The minimum atomic E-state index is -1.03. The van der Waals surface area contributed by atoms with Gasteiger partial charge in [0.05, 0.1) is 0 Å². The van der Waals surface area contributed by atoms with E-state index in [1.165, 1.54) is 6.07 Å². The average Bonchev–Trinajstić information content (AvgIpc) is 2.23. The van der Waals surface area contributed by atoms with E-state index in [9.17, 15) is 15.0 Å². The third-order valence-electron chi connectivity index (χ3n) is 2.98. The summed E-state index contributed by atoms with van der Waals surface area (Å²) in [6.45, 7) is 6.11. The number of hydrogen-bond acceptors (Lipinski definition) is 5. The molecule has 1 heterocycles. The van der Waals surface area contributed by atoms with E-state index in [4.69, 9.17) is 4.74 Å². The summed E-state index contributed by atoms with van der Waals surface area (Å²) in [5, 5.41) is 25.6. The Hall–Kier alpha value is -1.79. The monoisotopic (exact) mass is 280 g/mol. The van der Waals surface area contributed by atoms with E-state index in [1.807, 2.05) is 0 Å². The second-order valence-corrected chi connectivity index (χ2v) is 5.99. The molecule has 1 aromatic rings. The SMILES string of the molecule is CC(C)(C)OC(=O)Nc1ccc(C2(O)CNC2)c(O)c1. The van der Waals surface area contributed by atoms with Gasteiger partial charge in [0.15, 0.2) is 0 Å². The molecule has 0 aromatic heterocycles. The van der Waals surface area contributed by atoms with Crippen molar-refractivity contribution in [2.75, 3.05) is 18.4 Å². The number of anilines is 1. The first-order chi connectivity index (χ1) is 9.20. The third-order valence-corrected chi connectivity index (χ3v) is 2.98. The van der Waals surface area contributed by atoms with E-state index in [2.05, 4.69) is 10.6 Å². The van der Waals surface area contributed by atoms with E-state index < -0.39 is 17.3 Å². The lowest BCUT2D eigenvalue weighted by atomic mass is 9.87. The van der Waals surface area contributed by atoms with Crippen LogP contribution in [-0.2, 0) is 10.3 Å². The van der Waals surface area contributed by atoms with E-state index in [-0.39, 0.29) is 5.75 Å². The van der Waals surface area contributed by atoms with Crippen LogP contribution in [0.15, 0.2) is 18.2 Å². The van der Waals surface area contributed by atoms with Gasteiger partial charge in [0, 0.05) is 30.4 Å². The summed E-state index contributed by atoms with van der Waals surface area (Å²) in [5.74, 6) is -0.0532. The number of nitrogens with one attached hydrogen (secondary N) is 2. The lowest BCUT2D eigenvalue weighted by molar-refractivity contribution is -0.0164. The van der Waals surface area contributed by atoms with Crippen LogP contribution in [0, 0.1) is 0 Å². The van der Waals surface area contributed by atoms with Crippen LogP contribution in [0.1, 0.15) is 26.3 Å². The maximum atomic E-state index is 11.6. The molecule has 2 rings (SSSR count). The Balaban J connectivity index is 2.08. The maximum absolute atomic E-state index is 11.6. The van der Waals surface area contributed by atoms with Crippen molar-refractivity contribution in [2.24, 2.45) is 0 Å². The van der Waals surface area contributed by atoms with Crippen LogP contribution in [0.25, 0.3) is 0 Å². The van der Waals surface area contributed by atoms with Gasteiger partial charge >= 0.3 is 6.09 Å². The van der Waals surface area contributed by atoms with Crippen molar-refractivity contribution in [1.82, 2.24) is 5.32 Å². The Morgan fingerprint density at radius 2 is 2.05 bits per heavy atom. The summed E-state index contributed by atoms with van der Waals surface area (Å²) in [6.07, 6.45) is -0.589. The molecule has 0 unspecified atom stereocenters. The molecule has 1 aliphatic heterocycles. The Labute approximate surface area is 117 Å². The minimum absolute atomic E-state index is 0.0532. The smallest absolute Gasteiger partial charge is 0.412 e. The fraction of sp³-hybridized carbons (Fsp3) is 0.500. The number of carbonyl (C=O) groups excluding carboxylic acids is 1. The minimum Gasteiger partial charge on any atom is -0.507 e. The van der Waals surface area contributed by atoms with Crippen LogP contribution in [0.3, 0.4) is 0 Å². The fourth-order valence-corrected chi connectivity index (χ4v) is 1.98. The number of benzene rings is 1. The molecule has 0 aliphatic carbocycles. The van der Waals surface area contributed by atoms with Gasteiger partial charge in [-0.15, -0.1) is 0 Å². The summed E-state index contributed by atoms with van der Waals surface area (Å²) in [7, 11) is 0. The third kappa shape index (κ3) is 3.20. The Morgan fingerprint density at radius 3 is 2.50 bits per heavy atom. The molecule has 1 saturated heterocycles. The normalized spacial score (nSPS) is 17.2. The Bertz CT molecular complexity index is 518. The first-order valence-corrected chi connectivity index (χ1v) is 6.46. The topological polar surface area (TPSA) is 90.8 Å². The van der Waals surface area contributed by atoms with Crippen molar-refractivity contribution in [2.45, 2.75) is 32.0 Å². The highest BCUT2D eigenvalue weighted by molar-refractivity contribution is 5.85. The number of aliphatic hydroxyl groups is 1. The number of amides is 1. The van der Waals surface area contributed by atoms with Gasteiger partial charge in [-0.05, 0) is 26.8 Å². The van der Waals surface area contributed by atoms with Gasteiger partial charge < -0.3 is 20.3 Å². The van der Waals surface area contributed by atoms with Crippen LogP contribution in [0.4, 0.5) is 10.5 Å². The molecule has 1 aliphatic rings. The zero-order valence-corrected chi connectivity index (χ0v) is 11.9. The number of phenols is 1. The molecule has 1 aromatic carbocycles. The van der Waals surface area contributed by atoms with Gasteiger partial charge in [-0.1, -0.05) is 6.07 Å². The predicted octanol–water partition coefficient (Wildman–Crippen LogP) is 1.53. The molecule has 1 amide bonds. The van der Waals surface area contributed by atoms with Crippen molar-refractivity contribution in [3.63, 3.8) is 0 Å². The van der Waals surface area contributed by atoms with Gasteiger partial charge in [-0.3, -0.25) is 5.32 Å². The Kier molecular flexibility index (Phi) is 3.62. The molecule has 0 saturated carbocycles. The molecule has 0 radical (unpaired) electrons. The number of rotatable bonds is 2. The molecule has 6 nitrogen and oxygen atoms in total. The van der Waals surface area contributed by atoms with Gasteiger partial charge in [0.1, 0.15) is 17.0 Å². The second kappa shape index (κ2) is 4.96. The number of phenolic OH excluding ortho intramolecular Hbond substituents is 1. The first kappa shape index (κ1) is 14.6. The zero-order chi connectivity index (χ0) is 15.0. The summed E-state index contributed by atoms with van der Waals surface area (Å²) in [5.41, 5.74) is -0.754. The second-order valence-electron chi connectivity index (χ2n) is 5.99. The van der Waals surface area contributed by atoms with Crippen LogP contribution < -0.4 is 10.6 Å². The van der Waals surface area contributed by atoms with E-state index in [0.29, 0.717) is 24.3 Å². The van der Waals surface area contributed by atoms with Crippen molar-refractivity contribution in [3.05, 3.63) is 23.8 Å². The van der Waals surface area contributed by atoms with Crippen LogP contribution >= 0.6 is 0 Å². The predicted molar refractivity (Wildman–Crippen MR) is 74.7 cm³/mol. The number of β-amino-alcohol motifs (C(OH)–C–C–N with tert-alkyl or cyclic N) is 1. The molecule has 0 atom stereocenters. The summed E-state index contributed by atoms with van der Waals surface area (Å²) < 4.78 is 5.12.